The highest BCUT2D eigenvalue weighted by atomic mass is 15.4. The van der Waals surface area contributed by atoms with E-state index in [0.29, 0.717) is 22.9 Å². The first-order chi connectivity index (χ1) is 15.6. The van der Waals surface area contributed by atoms with E-state index in [1.165, 1.54) is 0 Å². The maximum atomic E-state index is 9.11. The maximum Gasteiger partial charge on any atom is 0.164 e. The predicted octanol–water partition coefficient (Wildman–Crippen LogP) is 2.56. The molecule has 1 aliphatic rings. The van der Waals surface area contributed by atoms with Crippen molar-refractivity contribution in [3.63, 3.8) is 0 Å². The number of rotatable bonds is 5. The Labute approximate surface area is 185 Å². The summed E-state index contributed by atoms with van der Waals surface area (Å²) in [5.41, 5.74) is 3.86. The van der Waals surface area contributed by atoms with Crippen LogP contribution >= 0.6 is 0 Å². The molecule has 162 valence electrons. The molecule has 0 saturated carbocycles. The largest absolute Gasteiger partial charge is 0.381 e. The van der Waals surface area contributed by atoms with Gasteiger partial charge in [0.15, 0.2) is 11.5 Å². The van der Waals surface area contributed by atoms with Crippen molar-refractivity contribution >= 4 is 16.7 Å². The molecular weight excluding hydrogens is 404 g/mol. The Morgan fingerprint density at radius 2 is 2.00 bits per heavy atom. The first-order valence-electron chi connectivity index (χ1n) is 10.8. The third-order valence-electron chi connectivity index (χ3n) is 5.58. The fourth-order valence-corrected chi connectivity index (χ4v) is 4.01. The molecule has 32 heavy (non-hydrogen) atoms. The summed E-state index contributed by atoms with van der Waals surface area (Å²) in [6.07, 6.45) is 9.15. The second-order valence-corrected chi connectivity index (χ2v) is 8.28. The maximum absolute atomic E-state index is 9.11. The van der Waals surface area contributed by atoms with Crippen LogP contribution in [-0.4, -0.2) is 53.9 Å². The van der Waals surface area contributed by atoms with Crippen LogP contribution in [-0.2, 0) is 0 Å². The lowest BCUT2D eigenvalue weighted by atomic mass is 9.95. The third-order valence-corrected chi connectivity index (χ3v) is 5.58. The number of nitrogens with zero attached hydrogens (tertiary/aromatic N) is 8. The van der Waals surface area contributed by atoms with E-state index in [-0.39, 0.29) is 6.04 Å². The van der Waals surface area contributed by atoms with Gasteiger partial charge in [0.25, 0.3) is 0 Å². The van der Waals surface area contributed by atoms with Crippen molar-refractivity contribution in [1.29, 1.82) is 5.26 Å². The van der Waals surface area contributed by atoms with Gasteiger partial charge in [-0.2, -0.15) is 15.0 Å². The molecule has 1 fully saturated rings. The van der Waals surface area contributed by atoms with Gasteiger partial charge in [-0.1, -0.05) is 5.21 Å². The molecule has 10 heteroatoms. The SMILES string of the molecule is CC(C)Nc1cc(-n2ncc3cc(C#N)cnc32)ncc1-n1cc(C2CCNCC2)nn1. The van der Waals surface area contributed by atoms with Crippen LogP contribution < -0.4 is 10.6 Å². The Kier molecular flexibility index (Phi) is 5.25. The number of fused-ring (bicyclic) bond motifs is 1. The number of pyridine rings is 2. The second kappa shape index (κ2) is 8.36. The standard InChI is InChI=1S/C22H24N10/c1-14(2)28-18-8-21(32-22-17(11-27-32)7-15(9-23)10-26-22)25-12-20(18)31-13-19(29-30-31)16-3-5-24-6-4-16/h7-8,10-14,16,24H,3-6H2,1-2H3,(H,25,28). The molecule has 1 saturated heterocycles. The van der Waals surface area contributed by atoms with Gasteiger partial charge in [0.1, 0.15) is 11.8 Å². The van der Waals surface area contributed by atoms with Crippen LogP contribution in [0.25, 0.3) is 22.5 Å². The van der Waals surface area contributed by atoms with E-state index in [0.717, 1.165) is 48.4 Å². The van der Waals surface area contributed by atoms with Crippen molar-refractivity contribution < 1.29 is 0 Å². The number of piperidine rings is 1. The van der Waals surface area contributed by atoms with Gasteiger partial charge in [0, 0.05) is 29.6 Å². The van der Waals surface area contributed by atoms with Crippen LogP contribution in [0.15, 0.2) is 36.9 Å². The zero-order chi connectivity index (χ0) is 22.1. The predicted molar refractivity (Wildman–Crippen MR) is 120 cm³/mol. The molecule has 0 spiro atoms. The van der Waals surface area contributed by atoms with Crippen molar-refractivity contribution in [3.05, 3.63) is 48.2 Å². The molecule has 0 aromatic carbocycles. The van der Waals surface area contributed by atoms with Gasteiger partial charge in [-0.05, 0) is 45.8 Å². The zero-order valence-corrected chi connectivity index (χ0v) is 18.0. The van der Waals surface area contributed by atoms with Gasteiger partial charge in [-0.15, -0.1) is 5.10 Å². The van der Waals surface area contributed by atoms with Gasteiger partial charge < -0.3 is 10.6 Å². The summed E-state index contributed by atoms with van der Waals surface area (Å²) in [4.78, 5) is 9.04. The molecule has 5 heterocycles. The van der Waals surface area contributed by atoms with Crippen LogP contribution in [0.1, 0.15) is 43.9 Å². The Hall–Kier alpha value is -3.84. The van der Waals surface area contributed by atoms with Crippen LogP contribution in [0.2, 0.25) is 0 Å². The topological polar surface area (TPSA) is 122 Å². The molecule has 5 rings (SSSR count). The van der Waals surface area contributed by atoms with E-state index >= 15 is 0 Å². The van der Waals surface area contributed by atoms with Gasteiger partial charge in [0.2, 0.25) is 0 Å². The molecule has 0 bridgehead atoms. The molecule has 0 radical (unpaired) electrons. The van der Waals surface area contributed by atoms with E-state index in [2.05, 4.69) is 55.9 Å². The average Bonchev–Trinajstić information content (AvgIpc) is 3.46. The van der Waals surface area contributed by atoms with Crippen molar-refractivity contribution in [3.8, 4) is 17.6 Å². The van der Waals surface area contributed by atoms with Crippen LogP contribution in [0.4, 0.5) is 5.69 Å². The summed E-state index contributed by atoms with van der Waals surface area (Å²) >= 11 is 0. The molecule has 0 aliphatic carbocycles. The smallest absolute Gasteiger partial charge is 0.164 e. The summed E-state index contributed by atoms with van der Waals surface area (Å²) in [6.45, 7) is 6.19. The Morgan fingerprint density at radius 3 is 2.78 bits per heavy atom. The lowest BCUT2D eigenvalue weighted by Crippen LogP contribution is -2.26. The molecule has 10 nitrogen and oxygen atoms in total. The highest BCUT2D eigenvalue weighted by Gasteiger charge is 2.20. The normalized spacial score (nSPS) is 14.7. The van der Waals surface area contributed by atoms with Crippen LogP contribution in [0.3, 0.4) is 0 Å². The number of nitriles is 1. The van der Waals surface area contributed by atoms with E-state index in [1.54, 1.807) is 34.0 Å². The first kappa shape index (κ1) is 20.1. The number of hydrogen-bond donors (Lipinski definition) is 2. The minimum absolute atomic E-state index is 0.210. The Bertz CT molecular complexity index is 1290. The van der Waals surface area contributed by atoms with Crippen molar-refractivity contribution in [2.24, 2.45) is 0 Å². The molecule has 0 amide bonds. The van der Waals surface area contributed by atoms with Crippen molar-refractivity contribution in [2.45, 2.75) is 38.6 Å². The third kappa shape index (κ3) is 3.78. The highest BCUT2D eigenvalue weighted by Crippen LogP contribution is 2.27. The number of hydrogen-bond acceptors (Lipinski definition) is 8. The average molecular weight is 429 g/mol. The van der Waals surface area contributed by atoms with Gasteiger partial charge in [-0.3, -0.25) is 0 Å². The summed E-state index contributed by atoms with van der Waals surface area (Å²) in [6, 6.07) is 6.02. The summed E-state index contributed by atoms with van der Waals surface area (Å²) < 4.78 is 3.46. The molecule has 0 unspecified atom stereocenters. The van der Waals surface area contributed by atoms with Gasteiger partial charge in [0.05, 0.1) is 35.5 Å². The molecule has 2 N–H and O–H groups in total. The highest BCUT2D eigenvalue weighted by molar-refractivity contribution is 5.77. The first-order valence-corrected chi connectivity index (χ1v) is 10.8. The van der Waals surface area contributed by atoms with E-state index in [9.17, 15) is 0 Å². The number of nitrogens with one attached hydrogen (secondary N) is 2. The minimum atomic E-state index is 0.210. The summed E-state index contributed by atoms with van der Waals surface area (Å²) in [7, 11) is 0. The second-order valence-electron chi connectivity index (χ2n) is 8.28. The van der Waals surface area contributed by atoms with E-state index < -0.39 is 0 Å². The van der Waals surface area contributed by atoms with Crippen LogP contribution in [0, 0.1) is 11.3 Å². The van der Waals surface area contributed by atoms with Gasteiger partial charge in [-0.25, -0.2) is 14.6 Å². The minimum Gasteiger partial charge on any atom is -0.381 e. The summed E-state index contributed by atoms with van der Waals surface area (Å²) in [5, 5.41) is 30.0. The van der Waals surface area contributed by atoms with Crippen LogP contribution in [0.5, 0.6) is 0 Å². The fourth-order valence-electron chi connectivity index (χ4n) is 4.01. The van der Waals surface area contributed by atoms with Gasteiger partial charge >= 0.3 is 0 Å². The molecule has 4 aromatic heterocycles. The number of aromatic nitrogens is 7. The van der Waals surface area contributed by atoms with Crippen molar-refractivity contribution in [2.75, 3.05) is 18.4 Å². The lowest BCUT2D eigenvalue weighted by molar-refractivity contribution is 0.453. The number of anilines is 1. The van der Waals surface area contributed by atoms with E-state index in [1.807, 2.05) is 12.3 Å². The van der Waals surface area contributed by atoms with E-state index in [4.69, 9.17) is 5.26 Å². The molecule has 1 aliphatic heterocycles. The molecule has 4 aromatic rings. The van der Waals surface area contributed by atoms with Crippen molar-refractivity contribution in [1.82, 2.24) is 40.1 Å². The quantitative estimate of drug-likeness (QED) is 0.497. The summed E-state index contributed by atoms with van der Waals surface area (Å²) in [5.74, 6) is 1.06. The lowest BCUT2D eigenvalue weighted by Gasteiger charge is -2.20. The molecular formula is C22H24N10. The Morgan fingerprint density at radius 1 is 1.16 bits per heavy atom. The zero-order valence-electron chi connectivity index (χ0n) is 18.0. The Balaban J connectivity index is 1.53. The fraction of sp³-hybridized carbons (Fsp3) is 0.364. The monoisotopic (exact) mass is 428 g/mol. The molecule has 0 atom stereocenters.